The number of phenols is 1. The van der Waals surface area contributed by atoms with E-state index in [9.17, 15) is 23.1 Å². The van der Waals surface area contributed by atoms with E-state index in [1.807, 2.05) is 0 Å². The zero-order valence-electron chi connectivity index (χ0n) is 14.6. The summed E-state index contributed by atoms with van der Waals surface area (Å²) >= 11 is 5.14. The number of carbonyl (C=O) groups is 1. The summed E-state index contributed by atoms with van der Waals surface area (Å²) in [5, 5.41) is 17.9. The number of alkyl halides is 3. The maximum atomic E-state index is 13.2. The van der Waals surface area contributed by atoms with E-state index in [0.29, 0.717) is 11.3 Å². The summed E-state index contributed by atoms with van der Waals surface area (Å²) in [6.45, 7) is 1.62. The maximum Gasteiger partial charge on any atom is 0.418 e. The number of aromatic hydroxyl groups is 1. The van der Waals surface area contributed by atoms with Gasteiger partial charge in [-0.3, -0.25) is 4.79 Å². The summed E-state index contributed by atoms with van der Waals surface area (Å²) in [5.74, 6) is -0.652. The third kappa shape index (κ3) is 4.09. The molecule has 5 nitrogen and oxygen atoms in total. The van der Waals surface area contributed by atoms with Gasteiger partial charge in [0.25, 0.3) is 5.91 Å². The van der Waals surface area contributed by atoms with E-state index in [-0.39, 0.29) is 22.1 Å². The summed E-state index contributed by atoms with van der Waals surface area (Å²) in [5.41, 5.74) is -0.0386. The summed E-state index contributed by atoms with van der Waals surface area (Å²) in [4.78, 5) is 12.9. The lowest BCUT2D eigenvalue weighted by Crippen LogP contribution is -2.45. The summed E-state index contributed by atoms with van der Waals surface area (Å²) in [6.07, 6.45) is -4.60. The SMILES string of the molecule is CC1=C(C(=O)Nc2ccccc2C(F)(F)F)C(c2ccc(O)cc2)NC(=S)N1. The van der Waals surface area contributed by atoms with Crippen LogP contribution in [0, 0.1) is 0 Å². The molecule has 0 radical (unpaired) electrons. The zero-order chi connectivity index (χ0) is 20.5. The van der Waals surface area contributed by atoms with E-state index in [4.69, 9.17) is 12.2 Å². The molecule has 1 unspecified atom stereocenters. The number of nitrogens with one attached hydrogen (secondary N) is 3. The first-order chi connectivity index (χ1) is 13.2. The van der Waals surface area contributed by atoms with Crippen molar-refractivity contribution in [1.29, 1.82) is 0 Å². The number of hydrogen-bond acceptors (Lipinski definition) is 3. The van der Waals surface area contributed by atoms with E-state index < -0.39 is 23.7 Å². The second-order valence-corrected chi connectivity index (χ2v) is 6.57. The van der Waals surface area contributed by atoms with Crippen LogP contribution in [-0.4, -0.2) is 16.1 Å². The normalized spacial score (nSPS) is 17.0. The Bertz CT molecular complexity index is 956. The standard InChI is InChI=1S/C19H16F3N3O2S/c1-10-15(16(25-18(28)23-10)11-6-8-12(26)9-7-11)17(27)24-14-5-3-2-4-13(14)19(20,21)22/h2-9,16,26H,1H3,(H,24,27)(H2,23,25,28). The van der Waals surface area contributed by atoms with E-state index >= 15 is 0 Å². The molecule has 0 fully saturated rings. The number of rotatable bonds is 3. The van der Waals surface area contributed by atoms with Crippen LogP contribution in [0.15, 0.2) is 59.8 Å². The van der Waals surface area contributed by atoms with E-state index in [1.54, 1.807) is 19.1 Å². The Balaban J connectivity index is 1.98. The van der Waals surface area contributed by atoms with Gasteiger partial charge in [0.2, 0.25) is 0 Å². The van der Waals surface area contributed by atoms with Crippen LogP contribution in [0.5, 0.6) is 5.75 Å². The van der Waals surface area contributed by atoms with Gasteiger partial charge in [0.05, 0.1) is 22.9 Å². The lowest BCUT2D eigenvalue weighted by molar-refractivity contribution is -0.137. The van der Waals surface area contributed by atoms with Gasteiger partial charge in [-0.1, -0.05) is 24.3 Å². The second-order valence-electron chi connectivity index (χ2n) is 6.16. The van der Waals surface area contributed by atoms with Crippen molar-refractivity contribution in [3.8, 4) is 5.75 Å². The first kappa shape index (κ1) is 19.7. The average molecular weight is 407 g/mol. The molecule has 3 rings (SSSR count). The van der Waals surface area contributed by atoms with Gasteiger partial charge in [-0.15, -0.1) is 0 Å². The van der Waals surface area contributed by atoms with Crippen molar-refractivity contribution in [2.75, 3.05) is 5.32 Å². The lowest BCUT2D eigenvalue weighted by atomic mass is 9.94. The number of para-hydroxylation sites is 1. The Morgan fingerprint density at radius 3 is 2.43 bits per heavy atom. The topological polar surface area (TPSA) is 73.4 Å². The molecule has 0 bridgehead atoms. The molecular weight excluding hydrogens is 391 g/mol. The van der Waals surface area contributed by atoms with Crippen molar-refractivity contribution in [1.82, 2.24) is 10.6 Å². The fourth-order valence-electron chi connectivity index (χ4n) is 2.94. The molecule has 2 aromatic rings. The molecule has 9 heteroatoms. The molecule has 1 amide bonds. The minimum Gasteiger partial charge on any atom is -0.508 e. The Labute approximate surface area is 164 Å². The molecule has 0 spiro atoms. The molecule has 0 saturated carbocycles. The minimum absolute atomic E-state index is 0.0473. The lowest BCUT2D eigenvalue weighted by Gasteiger charge is -2.30. The molecule has 0 saturated heterocycles. The van der Waals surface area contributed by atoms with Gasteiger partial charge in [-0.25, -0.2) is 0 Å². The van der Waals surface area contributed by atoms with Crippen molar-refractivity contribution in [3.05, 3.63) is 70.9 Å². The van der Waals surface area contributed by atoms with E-state index in [2.05, 4.69) is 16.0 Å². The fraction of sp³-hybridized carbons (Fsp3) is 0.158. The van der Waals surface area contributed by atoms with Crippen LogP contribution in [0.3, 0.4) is 0 Å². The van der Waals surface area contributed by atoms with Gasteiger partial charge in [-0.05, 0) is 49.0 Å². The summed E-state index contributed by atoms with van der Waals surface area (Å²) in [6, 6.07) is 10.2. The molecule has 0 aliphatic carbocycles. The van der Waals surface area contributed by atoms with Crippen molar-refractivity contribution in [3.63, 3.8) is 0 Å². The Kier molecular flexibility index (Phi) is 5.28. The van der Waals surface area contributed by atoms with Gasteiger partial charge in [0.1, 0.15) is 5.75 Å². The number of anilines is 1. The third-order valence-electron chi connectivity index (χ3n) is 4.22. The molecule has 4 N–H and O–H groups in total. The van der Waals surface area contributed by atoms with Gasteiger partial charge < -0.3 is 21.1 Å². The number of halogens is 3. The predicted octanol–water partition coefficient (Wildman–Crippen LogP) is 3.84. The number of hydrogen-bond donors (Lipinski definition) is 4. The molecular formula is C19H16F3N3O2S. The number of thiocarbonyl (C=S) groups is 1. The number of phenolic OH excluding ortho intramolecular Hbond substituents is 1. The molecule has 0 aromatic heterocycles. The highest BCUT2D eigenvalue weighted by Crippen LogP contribution is 2.35. The molecule has 1 aliphatic rings. The van der Waals surface area contributed by atoms with Crippen molar-refractivity contribution in [2.45, 2.75) is 19.1 Å². The highest BCUT2D eigenvalue weighted by atomic mass is 32.1. The minimum atomic E-state index is -4.60. The van der Waals surface area contributed by atoms with Gasteiger partial charge in [0.15, 0.2) is 5.11 Å². The molecule has 1 atom stereocenters. The first-order valence-electron chi connectivity index (χ1n) is 8.21. The van der Waals surface area contributed by atoms with Crippen LogP contribution in [0.25, 0.3) is 0 Å². The number of benzene rings is 2. The van der Waals surface area contributed by atoms with Crippen LogP contribution in [0.1, 0.15) is 24.1 Å². The summed E-state index contributed by atoms with van der Waals surface area (Å²) < 4.78 is 39.7. The maximum absolute atomic E-state index is 13.2. The van der Waals surface area contributed by atoms with Crippen molar-refractivity contribution in [2.24, 2.45) is 0 Å². The number of amides is 1. The zero-order valence-corrected chi connectivity index (χ0v) is 15.4. The Morgan fingerprint density at radius 2 is 1.79 bits per heavy atom. The number of allylic oxidation sites excluding steroid dienone is 1. The molecule has 146 valence electrons. The fourth-order valence-corrected chi connectivity index (χ4v) is 3.21. The Hall–Kier alpha value is -3.07. The van der Waals surface area contributed by atoms with Crippen LogP contribution in [0.4, 0.5) is 18.9 Å². The van der Waals surface area contributed by atoms with Gasteiger partial charge in [0, 0.05) is 5.70 Å². The highest BCUT2D eigenvalue weighted by molar-refractivity contribution is 7.80. The monoisotopic (exact) mass is 407 g/mol. The molecule has 1 aliphatic heterocycles. The average Bonchev–Trinajstić information content (AvgIpc) is 2.61. The third-order valence-corrected chi connectivity index (χ3v) is 4.44. The van der Waals surface area contributed by atoms with E-state index in [0.717, 1.165) is 6.07 Å². The van der Waals surface area contributed by atoms with E-state index in [1.165, 1.54) is 30.3 Å². The predicted molar refractivity (Wildman–Crippen MR) is 102 cm³/mol. The second kappa shape index (κ2) is 7.51. The molecule has 2 aromatic carbocycles. The van der Waals surface area contributed by atoms with Crippen LogP contribution < -0.4 is 16.0 Å². The molecule has 1 heterocycles. The quantitative estimate of drug-likeness (QED) is 0.582. The van der Waals surface area contributed by atoms with Crippen LogP contribution in [-0.2, 0) is 11.0 Å². The van der Waals surface area contributed by atoms with Crippen LogP contribution >= 0.6 is 12.2 Å². The summed E-state index contributed by atoms with van der Waals surface area (Å²) in [7, 11) is 0. The van der Waals surface area contributed by atoms with Gasteiger partial charge >= 0.3 is 6.18 Å². The highest BCUT2D eigenvalue weighted by Gasteiger charge is 2.35. The first-order valence-corrected chi connectivity index (χ1v) is 8.62. The van der Waals surface area contributed by atoms with Crippen LogP contribution in [0.2, 0.25) is 0 Å². The number of carbonyl (C=O) groups excluding carboxylic acids is 1. The molecule has 28 heavy (non-hydrogen) atoms. The smallest absolute Gasteiger partial charge is 0.418 e. The van der Waals surface area contributed by atoms with Crippen molar-refractivity contribution < 1.29 is 23.1 Å². The van der Waals surface area contributed by atoms with Crippen molar-refractivity contribution >= 4 is 28.9 Å². The van der Waals surface area contributed by atoms with Gasteiger partial charge in [-0.2, -0.15) is 13.2 Å². The Morgan fingerprint density at radius 1 is 1.14 bits per heavy atom. The largest absolute Gasteiger partial charge is 0.508 e.